The highest BCUT2D eigenvalue weighted by Gasteiger charge is 2.23. The molecule has 30 heavy (non-hydrogen) atoms. The Morgan fingerprint density at radius 1 is 1.10 bits per heavy atom. The molecule has 0 radical (unpaired) electrons. The average Bonchev–Trinajstić information content (AvgIpc) is 3.16. The van der Waals surface area contributed by atoms with Crippen LogP contribution in [0, 0.1) is 0 Å². The Morgan fingerprint density at radius 2 is 1.77 bits per heavy atom. The van der Waals surface area contributed by atoms with Crippen LogP contribution in [0.5, 0.6) is 0 Å². The Kier molecular flexibility index (Phi) is 10.8. The maximum Gasteiger partial charge on any atom is 0.191 e. The Hall–Kier alpha value is -0.900. The number of morpholine rings is 1. The minimum atomic E-state index is 0. The summed E-state index contributed by atoms with van der Waals surface area (Å²) in [6, 6.07) is 9.56. The highest BCUT2D eigenvalue weighted by Crippen LogP contribution is 2.16. The highest BCUT2D eigenvalue weighted by molar-refractivity contribution is 14.0. The van der Waals surface area contributed by atoms with Crippen LogP contribution in [0.15, 0.2) is 29.3 Å². The lowest BCUT2D eigenvalue weighted by atomic mass is 10.1. The molecule has 2 aliphatic rings. The lowest BCUT2D eigenvalue weighted by Crippen LogP contribution is -2.44. The van der Waals surface area contributed by atoms with E-state index in [4.69, 9.17) is 4.74 Å². The number of hydrogen-bond donors (Lipinski definition) is 2. The summed E-state index contributed by atoms with van der Waals surface area (Å²) >= 11 is 0. The van der Waals surface area contributed by atoms with Crippen molar-refractivity contribution >= 4 is 29.9 Å². The largest absolute Gasteiger partial charge is 0.373 e. The molecule has 2 aliphatic heterocycles. The number of likely N-dealkylation sites (N-methyl/N-ethyl adjacent to an activating group) is 1. The molecular formula is C23H40IN5O. The third-order valence-electron chi connectivity index (χ3n) is 6.02. The van der Waals surface area contributed by atoms with Gasteiger partial charge in [-0.15, -0.1) is 24.0 Å². The van der Waals surface area contributed by atoms with Gasteiger partial charge >= 0.3 is 0 Å². The standard InChI is InChI=1S/C23H39N5O.HI/c1-5-28-12-6-7-22(28)14-26-23(24-4)25-13-20-8-10-21(11-9-20)17-27-15-18(2)29-19(3)16-27;/h8-11,18-19,22H,5-7,12-17H2,1-4H3,(H2,24,25,26);1H. The first-order valence-electron chi connectivity index (χ1n) is 11.2. The van der Waals surface area contributed by atoms with Gasteiger partial charge in [-0.05, 0) is 50.9 Å². The normalized spacial score (nSPS) is 25.7. The summed E-state index contributed by atoms with van der Waals surface area (Å²) in [5.74, 6) is 0.883. The van der Waals surface area contributed by atoms with Crippen molar-refractivity contribution in [2.45, 2.75) is 65.0 Å². The first-order chi connectivity index (χ1) is 14.1. The van der Waals surface area contributed by atoms with E-state index in [9.17, 15) is 0 Å². The molecule has 0 spiro atoms. The SMILES string of the molecule is CCN1CCCC1CNC(=NC)NCc1ccc(CN2CC(C)OC(C)C2)cc1.I. The lowest BCUT2D eigenvalue weighted by molar-refractivity contribution is -0.0704. The zero-order chi connectivity index (χ0) is 20.6. The molecule has 3 atom stereocenters. The quantitative estimate of drug-likeness (QED) is 0.323. The van der Waals surface area contributed by atoms with E-state index in [1.807, 2.05) is 7.05 Å². The molecule has 0 amide bonds. The van der Waals surface area contributed by atoms with Crippen molar-refractivity contribution in [1.82, 2.24) is 20.4 Å². The second kappa shape index (κ2) is 12.8. The number of nitrogens with one attached hydrogen (secondary N) is 2. The van der Waals surface area contributed by atoms with Crippen molar-refractivity contribution in [1.29, 1.82) is 0 Å². The molecule has 1 aromatic carbocycles. The van der Waals surface area contributed by atoms with E-state index < -0.39 is 0 Å². The molecule has 7 heteroatoms. The van der Waals surface area contributed by atoms with Crippen molar-refractivity contribution in [3.05, 3.63) is 35.4 Å². The zero-order valence-corrected chi connectivity index (χ0v) is 21.4. The van der Waals surface area contributed by atoms with Gasteiger partial charge in [-0.3, -0.25) is 14.8 Å². The third-order valence-corrected chi connectivity index (χ3v) is 6.02. The number of halogens is 1. The van der Waals surface area contributed by atoms with Crippen LogP contribution in [0.4, 0.5) is 0 Å². The molecule has 2 N–H and O–H groups in total. The van der Waals surface area contributed by atoms with Crippen molar-refractivity contribution < 1.29 is 4.74 Å². The Morgan fingerprint density at radius 3 is 2.40 bits per heavy atom. The minimum absolute atomic E-state index is 0. The Bertz CT molecular complexity index is 643. The van der Waals surface area contributed by atoms with Crippen LogP contribution in [0.25, 0.3) is 0 Å². The fourth-order valence-electron chi connectivity index (χ4n) is 4.60. The minimum Gasteiger partial charge on any atom is -0.373 e. The number of aliphatic imine (C=N–C) groups is 1. The second-order valence-electron chi connectivity index (χ2n) is 8.50. The number of benzene rings is 1. The van der Waals surface area contributed by atoms with Gasteiger partial charge < -0.3 is 15.4 Å². The van der Waals surface area contributed by atoms with Crippen molar-refractivity contribution in [3.8, 4) is 0 Å². The fourth-order valence-corrected chi connectivity index (χ4v) is 4.60. The summed E-state index contributed by atoms with van der Waals surface area (Å²) in [7, 11) is 1.84. The second-order valence-corrected chi connectivity index (χ2v) is 8.50. The Balaban J connectivity index is 0.00000320. The van der Waals surface area contributed by atoms with Gasteiger partial charge in [0.1, 0.15) is 0 Å². The van der Waals surface area contributed by atoms with Crippen LogP contribution in [0.2, 0.25) is 0 Å². The molecule has 0 aliphatic carbocycles. The van der Waals surface area contributed by atoms with Crippen LogP contribution in [0.1, 0.15) is 44.7 Å². The number of guanidine groups is 1. The molecule has 0 bridgehead atoms. The summed E-state index contributed by atoms with van der Waals surface area (Å²) in [5.41, 5.74) is 2.63. The predicted octanol–water partition coefficient (Wildman–Crippen LogP) is 3.06. The highest BCUT2D eigenvalue weighted by atomic mass is 127. The van der Waals surface area contributed by atoms with Gasteiger partial charge in [0.2, 0.25) is 0 Å². The molecule has 3 unspecified atom stereocenters. The van der Waals surface area contributed by atoms with Gasteiger partial charge in [0.15, 0.2) is 5.96 Å². The first-order valence-corrected chi connectivity index (χ1v) is 11.2. The summed E-state index contributed by atoms with van der Waals surface area (Å²) in [6.45, 7) is 13.7. The van der Waals surface area contributed by atoms with Crippen molar-refractivity contribution in [2.24, 2.45) is 4.99 Å². The zero-order valence-electron chi connectivity index (χ0n) is 19.1. The summed E-state index contributed by atoms with van der Waals surface area (Å²) in [6.07, 6.45) is 3.21. The number of nitrogens with zero attached hydrogens (tertiary/aromatic N) is 3. The van der Waals surface area contributed by atoms with Gasteiger partial charge in [0.25, 0.3) is 0 Å². The molecule has 2 fully saturated rings. The van der Waals surface area contributed by atoms with E-state index in [1.165, 1.54) is 30.5 Å². The van der Waals surface area contributed by atoms with Crippen molar-refractivity contribution in [2.75, 3.05) is 39.8 Å². The first kappa shape index (κ1) is 25.4. The van der Waals surface area contributed by atoms with E-state index in [0.717, 1.165) is 45.2 Å². The van der Waals surface area contributed by atoms with Gasteiger partial charge in [-0.25, -0.2) is 0 Å². The summed E-state index contributed by atoms with van der Waals surface area (Å²) in [4.78, 5) is 9.42. The molecule has 2 heterocycles. The molecule has 6 nitrogen and oxygen atoms in total. The lowest BCUT2D eigenvalue weighted by Gasteiger charge is -2.35. The smallest absolute Gasteiger partial charge is 0.191 e. The number of likely N-dealkylation sites (tertiary alicyclic amines) is 1. The molecule has 0 aromatic heterocycles. The van der Waals surface area contributed by atoms with E-state index in [2.05, 4.69) is 70.5 Å². The van der Waals surface area contributed by atoms with Crippen molar-refractivity contribution in [3.63, 3.8) is 0 Å². The van der Waals surface area contributed by atoms with E-state index >= 15 is 0 Å². The van der Waals surface area contributed by atoms with E-state index in [1.54, 1.807) is 0 Å². The monoisotopic (exact) mass is 529 g/mol. The maximum atomic E-state index is 5.83. The maximum absolute atomic E-state index is 5.83. The Labute approximate surface area is 199 Å². The molecule has 1 aromatic rings. The molecule has 2 saturated heterocycles. The van der Waals surface area contributed by atoms with Gasteiger partial charge in [-0.1, -0.05) is 31.2 Å². The van der Waals surface area contributed by atoms with Crippen LogP contribution < -0.4 is 10.6 Å². The van der Waals surface area contributed by atoms with Gasteiger partial charge in [-0.2, -0.15) is 0 Å². The third kappa shape index (κ3) is 7.66. The predicted molar refractivity (Wildman–Crippen MR) is 136 cm³/mol. The van der Waals surface area contributed by atoms with Crippen LogP contribution in [-0.4, -0.2) is 73.8 Å². The topological polar surface area (TPSA) is 52.1 Å². The van der Waals surface area contributed by atoms with Crippen LogP contribution in [-0.2, 0) is 17.8 Å². The molecule has 170 valence electrons. The van der Waals surface area contributed by atoms with E-state index in [-0.39, 0.29) is 24.0 Å². The summed E-state index contributed by atoms with van der Waals surface area (Å²) in [5, 5.41) is 6.95. The van der Waals surface area contributed by atoms with Gasteiger partial charge in [0, 0.05) is 45.8 Å². The van der Waals surface area contributed by atoms with Gasteiger partial charge in [0.05, 0.1) is 12.2 Å². The van der Waals surface area contributed by atoms with E-state index in [0.29, 0.717) is 18.2 Å². The van der Waals surface area contributed by atoms with Crippen LogP contribution >= 0.6 is 24.0 Å². The molecular weight excluding hydrogens is 489 g/mol. The number of rotatable bonds is 7. The number of hydrogen-bond acceptors (Lipinski definition) is 4. The van der Waals surface area contributed by atoms with Crippen LogP contribution in [0.3, 0.4) is 0 Å². The summed E-state index contributed by atoms with van der Waals surface area (Å²) < 4.78 is 5.83. The fraction of sp³-hybridized carbons (Fsp3) is 0.696. The molecule has 3 rings (SSSR count). The number of ether oxygens (including phenoxy) is 1. The average molecular weight is 530 g/mol. The molecule has 0 saturated carbocycles.